The fourth-order valence-electron chi connectivity index (χ4n) is 1.62. The second-order valence-electron chi connectivity index (χ2n) is 3.76. The fourth-order valence-corrected chi connectivity index (χ4v) is 1.71. The van der Waals surface area contributed by atoms with Crippen molar-refractivity contribution in [3.05, 3.63) is 52.3 Å². The maximum absolute atomic E-state index is 11.6. The first-order valence-electron chi connectivity index (χ1n) is 5.43. The fraction of sp³-hybridized carbons (Fsp3) is 0. The first-order chi connectivity index (χ1) is 9.49. The van der Waals surface area contributed by atoms with Gasteiger partial charge in [0.25, 0.3) is 11.6 Å². The molecule has 20 heavy (non-hydrogen) atoms. The lowest BCUT2D eigenvalue weighted by Crippen LogP contribution is -2.34. The van der Waals surface area contributed by atoms with E-state index in [0.29, 0.717) is 0 Å². The van der Waals surface area contributed by atoms with Gasteiger partial charge in [0.2, 0.25) is 0 Å². The number of hydrogen-bond acceptors (Lipinski definition) is 5. The molecule has 0 unspecified atom stereocenters. The third-order valence-corrected chi connectivity index (χ3v) is 2.53. The van der Waals surface area contributed by atoms with E-state index in [1.165, 1.54) is 24.3 Å². The molecule has 8 heteroatoms. The van der Waals surface area contributed by atoms with E-state index < -0.39 is 10.8 Å². The van der Waals surface area contributed by atoms with E-state index in [9.17, 15) is 14.9 Å². The molecular weight excluding hydrogens is 282 g/mol. The molecule has 0 aliphatic rings. The molecule has 0 aliphatic carbocycles. The predicted octanol–water partition coefficient (Wildman–Crippen LogP) is 1.83. The SMILES string of the molecule is NC(=S)NC(=O)c1ccc(-c2ccccc2[N+](=O)[O-])o1. The number of amides is 1. The van der Waals surface area contributed by atoms with Crippen LogP contribution in [-0.2, 0) is 0 Å². The van der Waals surface area contributed by atoms with E-state index >= 15 is 0 Å². The molecule has 1 amide bonds. The molecule has 0 radical (unpaired) electrons. The van der Waals surface area contributed by atoms with Crippen LogP contribution in [0, 0.1) is 10.1 Å². The summed E-state index contributed by atoms with van der Waals surface area (Å²) in [6.07, 6.45) is 0. The van der Waals surface area contributed by atoms with Crippen molar-refractivity contribution in [3.63, 3.8) is 0 Å². The third kappa shape index (κ3) is 2.81. The topological polar surface area (TPSA) is 111 Å². The normalized spacial score (nSPS) is 10.0. The van der Waals surface area contributed by atoms with Gasteiger partial charge in [-0.2, -0.15) is 0 Å². The van der Waals surface area contributed by atoms with Crippen molar-refractivity contribution in [2.45, 2.75) is 0 Å². The van der Waals surface area contributed by atoms with Gasteiger partial charge in [0.15, 0.2) is 10.9 Å². The molecule has 2 rings (SSSR count). The van der Waals surface area contributed by atoms with Crippen LogP contribution in [0.4, 0.5) is 5.69 Å². The number of rotatable bonds is 3. The lowest BCUT2D eigenvalue weighted by Gasteiger charge is -2.00. The lowest BCUT2D eigenvalue weighted by atomic mass is 10.1. The quantitative estimate of drug-likeness (QED) is 0.507. The van der Waals surface area contributed by atoms with E-state index in [2.05, 4.69) is 17.5 Å². The van der Waals surface area contributed by atoms with Crippen molar-refractivity contribution in [2.24, 2.45) is 5.73 Å². The first kappa shape index (κ1) is 13.7. The molecule has 0 atom stereocenters. The molecule has 7 nitrogen and oxygen atoms in total. The van der Waals surface area contributed by atoms with Crippen LogP contribution in [-0.4, -0.2) is 15.9 Å². The minimum atomic E-state index is -0.609. The molecular formula is C12H9N3O4S. The number of nitro benzene ring substituents is 1. The van der Waals surface area contributed by atoms with Crippen LogP contribution in [0.2, 0.25) is 0 Å². The average Bonchev–Trinajstić information content (AvgIpc) is 2.87. The second-order valence-corrected chi connectivity index (χ2v) is 4.20. The van der Waals surface area contributed by atoms with Gasteiger partial charge < -0.3 is 10.2 Å². The molecule has 102 valence electrons. The molecule has 1 heterocycles. The van der Waals surface area contributed by atoms with Crippen LogP contribution in [0.3, 0.4) is 0 Å². The Kier molecular flexibility index (Phi) is 3.76. The number of nitro groups is 1. The molecule has 0 saturated heterocycles. The summed E-state index contributed by atoms with van der Waals surface area (Å²) >= 11 is 4.54. The molecule has 0 aliphatic heterocycles. The molecule has 0 saturated carbocycles. The Bertz CT molecular complexity index is 696. The number of furan rings is 1. The van der Waals surface area contributed by atoms with Crippen molar-refractivity contribution in [1.82, 2.24) is 5.32 Å². The summed E-state index contributed by atoms with van der Waals surface area (Å²) < 4.78 is 5.29. The van der Waals surface area contributed by atoms with Crippen LogP contribution in [0.1, 0.15) is 10.6 Å². The first-order valence-corrected chi connectivity index (χ1v) is 5.84. The zero-order chi connectivity index (χ0) is 14.7. The highest BCUT2D eigenvalue weighted by Gasteiger charge is 2.19. The molecule has 0 spiro atoms. The number of hydrogen-bond donors (Lipinski definition) is 2. The van der Waals surface area contributed by atoms with Crippen molar-refractivity contribution in [1.29, 1.82) is 0 Å². The monoisotopic (exact) mass is 291 g/mol. The Balaban J connectivity index is 2.36. The van der Waals surface area contributed by atoms with Crippen molar-refractivity contribution in [2.75, 3.05) is 0 Å². The summed E-state index contributed by atoms with van der Waals surface area (Å²) in [4.78, 5) is 22.0. The Morgan fingerprint density at radius 3 is 2.65 bits per heavy atom. The van der Waals surface area contributed by atoms with Gasteiger partial charge in [-0.3, -0.25) is 20.2 Å². The minimum absolute atomic E-state index is 0.0362. The highest BCUT2D eigenvalue weighted by atomic mass is 32.1. The number of nitrogens with one attached hydrogen (secondary N) is 1. The molecule has 0 bridgehead atoms. The Morgan fingerprint density at radius 1 is 1.30 bits per heavy atom. The number of nitrogens with zero attached hydrogens (tertiary/aromatic N) is 1. The van der Waals surface area contributed by atoms with Crippen LogP contribution in [0.15, 0.2) is 40.8 Å². The predicted molar refractivity (Wildman–Crippen MR) is 75.0 cm³/mol. The van der Waals surface area contributed by atoms with Crippen molar-refractivity contribution >= 4 is 28.9 Å². The number of thiocarbonyl (C=S) groups is 1. The van der Waals surface area contributed by atoms with E-state index in [0.717, 1.165) is 0 Å². The van der Waals surface area contributed by atoms with Gasteiger partial charge in [-0.05, 0) is 30.4 Å². The summed E-state index contributed by atoms with van der Waals surface area (Å²) in [5.41, 5.74) is 5.36. The molecule has 0 fully saturated rings. The highest BCUT2D eigenvalue weighted by Crippen LogP contribution is 2.30. The third-order valence-electron chi connectivity index (χ3n) is 2.43. The number of para-hydroxylation sites is 1. The lowest BCUT2D eigenvalue weighted by molar-refractivity contribution is -0.384. The summed E-state index contributed by atoms with van der Waals surface area (Å²) in [6, 6.07) is 8.93. The van der Waals surface area contributed by atoms with Gasteiger partial charge in [-0.25, -0.2) is 0 Å². The maximum Gasteiger partial charge on any atom is 0.293 e. The Morgan fingerprint density at radius 2 is 2.00 bits per heavy atom. The zero-order valence-corrected chi connectivity index (χ0v) is 10.8. The Labute approximate surface area is 118 Å². The summed E-state index contributed by atoms with van der Waals surface area (Å²) in [5, 5.41) is 13.0. The smallest absolute Gasteiger partial charge is 0.293 e. The number of benzene rings is 1. The molecule has 1 aromatic carbocycles. The average molecular weight is 291 g/mol. The van der Waals surface area contributed by atoms with Crippen molar-refractivity contribution in [3.8, 4) is 11.3 Å². The standard InChI is InChI=1S/C12H9N3O4S/c13-12(20)14-11(16)10-6-5-9(19-10)7-3-1-2-4-8(7)15(17)18/h1-6H,(H3,13,14,16,20). The van der Waals surface area contributed by atoms with Gasteiger partial charge in [-0.15, -0.1) is 0 Å². The molecule has 2 aromatic rings. The highest BCUT2D eigenvalue weighted by molar-refractivity contribution is 7.80. The summed E-state index contributed by atoms with van der Waals surface area (Å²) in [5.74, 6) is -0.432. The summed E-state index contributed by atoms with van der Waals surface area (Å²) in [6.45, 7) is 0. The van der Waals surface area contributed by atoms with E-state index in [1.54, 1.807) is 12.1 Å². The second kappa shape index (κ2) is 5.49. The van der Waals surface area contributed by atoms with Crippen LogP contribution in [0.25, 0.3) is 11.3 Å². The minimum Gasteiger partial charge on any atom is -0.451 e. The molecule has 1 aromatic heterocycles. The largest absolute Gasteiger partial charge is 0.451 e. The number of carbonyl (C=O) groups excluding carboxylic acids is 1. The van der Waals surface area contributed by atoms with E-state index in [4.69, 9.17) is 10.2 Å². The van der Waals surface area contributed by atoms with Gasteiger partial charge in [0, 0.05) is 6.07 Å². The van der Waals surface area contributed by atoms with Crippen molar-refractivity contribution < 1.29 is 14.1 Å². The number of nitrogens with two attached hydrogens (primary N) is 1. The van der Waals surface area contributed by atoms with E-state index in [1.807, 2.05) is 0 Å². The van der Waals surface area contributed by atoms with Gasteiger partial charge in [0.1, 0.15) is 5.76 Å². The molecule has 3 N–H and O–H groups in total. The van der Waals surface area contributed by atoms with Crippen LogP contribution >= 0.6 is 12.2 Å². The van der Waals surface area contributed by atoms with Gasteiger partial charge in [0.05, 0.1) is 10.5 Å². The van der Waals surface area contributed by atoms with Gasteiger partial charge >= 0.3 is 0 Å². The maximum atomic E-state index is 11.6. The number of carbonyl (C=O) groups is 1. The van der Waals surface area contributed by atoms with Gasteiger partial charge in [-0.1, -0.05) is 12.1 Å². The van der Waals surface area contributed by atoms with Crippen LogP contribution < -0.4 is 11.1 Å². The zero-order valence-electron chi connectivity index (χ0n) is 10.0. The van der Waals surface area contributed by atoms with Crippen LogP contribution in [0.5, 0.6) is 0 Å². The Hall–Kier alpha value is -2.74. The summed E-state index contributed by atoms with van der Waals surface area (Å²) in [7, 11) is 0. The van der Waals surface area contributed by atoms with E-state index in [-0.39, 0.29) is 27.9 Å².